The summed E-state index contributed by atoms with van der Waals surface area (Å²) < 4.78 is 5.46. The van der Waals surface area contributed by atoms with Gasteiger partial charge in [0.1, 0.15) is 5.75 Å². The molecule has 2 aromatic carbocycles. The second-order valence-electron chi connectivity index (χ2n) is 9.64. The number of para-hydroxylation sites is 1. The zero-order valence-corrected chi connectivity index (χ0v) is 21.9. The molecular formula is C28H38N4O5. The molecule has 0 radical (unpaired) electrons. The summed E-state index contributed by atoms with van der Waals surface area (Å²) in [5.41, 5.74) is 2.99. The topological polar surface area (TPSA) is 120 Å². The van der Waals surface area contributed by atoms with Gasteiger partial charge in [0, 0.05) is 18.2 Å². The van der Waals surface area contributed by atoms with Crippen LogP contribution in [0, 0.1) is 12.8 Å². The number of carboxylic acid groups (broad SMARTS) is 1. The standard InChI is InChI=1S/C28H38N4O5/c1-19-7-4-5-8-23(19)30-28(36)31-24-11-10-21(17-25(24)37-3)18-26(33)29-20(2)22-12-15-32(16-13-22)14-6-9-27(34)35/h4-5,7-8,10-11,17,20,22H,6,9,12-16,18H2,1-3H3,(H,29,33)(H,34,35)(H2,30,31,36). The van der Waals surface area contributed by atoms with Gasteiger partial charge in [0.05, 0.1) is 19.2 Å². The maximum Gasteiger partial charge on any atom is 0.323 e. The molecule has 4 N–H and O–H groups in total. The van der Waals surface area contributed by atoms with Crippen molar-refractivity contribution in [2.45, 2.75) is 52.0 Å². The van der Waals surface area contributed by atoms with Crippen LogP contribution in [0.4, 0.5) is 16.2 Å². The molecule has 9 heteroatoms. The number of aryl methyl sites for hydroxylation is 1. The van der Waals surface area contributed by atoms with Gasteiger partial charge in [-0.1, -0.05) is 24.3 Å². The average Bonchev–Trinajstić information content (AvgIpc) is 2.86. The SMILES string of the molecule is COc1cc(CC(=O)NC(C)C2CCN(CCCC(=O)O)CC2)ccc1NC(=O)Nc1ccccc1C. The lowest BCUT2D eigenvalue weighted by Crippen LogP contribution is -2.44. The number of benzene rings is 2. The Hall–Kier alpha value is -3.59. The van der Waals surface area contributed by atoms with E-state index >= 15 is 0 Å². The van der Waals surface area contributed by atoms with E-state index < -0.39 is 5.97 Å². The number of methoxy groups -OCH3 is 1. The number of piperidine rings is 1. The largest absolute Gasteiger partial charge is 0.495 e. The van der Waals surface area contributed by atoms with Crippen LogP contribution in [0.5, 0.6) is 5.75 Å². The molecule has 0 aliphatic carbocycles. The van der Waals surface area contributed by atoms with Crippen LogP contribution < -0.4 is 20.7 Å². The normalized spacial score (nSPS) is 15.0. The Kier molecular flexibility index (Phi) is 10.3. The van der Waals surface area contributed by atoms with Crippen molar-refractivity contribution in [3.05, 3.63) is 53.6 Å². The highest BCUT2D eigenvalue weighted by molar-refractivity contribution is 6.01. The van der Waals surface area contributed by atoms with Gasteiger partial charge in [-0.2, -0.15) is 0 Å². The van der Waals surface area contributed by atoms with E-state index in [1.165, 1.54) is 7.11 Å². The van der Waals surface area contributed by atoms with Gasteiger partial charge in [0.15, 0.2) is 0 Å². The first-order chi connectivity index (χ1) is 17.7. The van der Waals surface area contributed by atoms with Gasteiger partial charge >= 0.3 is 12.0 Å². The van der Waals surface area contributed by atoms with Crippen molar-refractivity contribution in [3.8, 4) is 5.75 Å². The molecule has 1 atom stereocenters. The summed E-state index contributed by atoms with van der Waals surface area (Å²) >= 11 is 0. The lowest BCUT2D eigenvalue weighted by molar-refractivity contribution is -0.137. The fourth-order valence-corrected chi connectivity index (χ4v) is 4.68. The van der Waals surface area contributed by atoms with E-state index in [9.17, 15) is 14.4 Å². The van der Waals surface area contributed by atoms with Crippen molar-refractivity contribution in [2.24, 2.45) is 5.92 Å². The fraction of sp³-hybridized carbons (Fsp3) is 0.464. The van der Waals surface area contributed by atoms with Crippen LogP contribution in [-0.2, 0) is 16.0 Å². The number of ether oxygens (including phenoxy) is 1. The van der Waals surface area contributed by atoms with Crippen molar-refractivity contribution in [3.63, 3.8) is 0 Å². The Labute approximate surface area is 218 Å². The zero-order valence-electron chi connectivity index (χ0n) is 21.9. The first-order valence-corrected chi connectivity index (χ1v) is 12.8. The number of urea groups is 1. The number of rotatable bonds is 11. The summed E-state index contributed by atoms with van der Waals surface area (Å²) in [5.74, 6) is 0.0657. The van der Waals surface area contributed by atoms with Crippen molar-refractivity contribution in [2.75, 3.05) is 37.4 Å². The Morgan fingerprint density at radius 1 is 1.08 bits per heavy atom. The number of anilines is 2. The third kappa shape index (κ3) is 8.78. The van der Waals surface area contributed by atoms with Crippen molar-refractivity contribution >= 4 is 29.3 Å². The second kappa shape index (κ2) is 13.6. The predicted octanol–water partition coefficient (Wildman–Crippen LogP) is 4.27. The monoisotopic (exact) mass is 510 g/mol. The fourth-order valence-electron chi connectivity index (χ4n) is 4.68. The van der Waals surface area contributed by atoms with E-state index in [1.54, 1.807) is 12.1 Å². The van der Waals surface area contributed by atoms with Crippen LogP contribution >= 0.6 is 0 Å². The molecule has 1 aliphatic heterocycles. The highest BCUT2D eigenvalue weighted by atomic mass is 16.5. The van der Waals surface area contributed by atoms with Gasteiger partial charge < -0.3 is 30.7 Å². The lowest BCUT2D eigenvalue weighted by Gasteiger charge is -2.35. The molecule has 9 nitrogen and oxygen atoms in total. The molecule has 0 saturated carbocycles. The average molecular weight is 511 g/mol. The third-order valence-electron chi connectivity index (χ3n) is 6.87. The minimum atomic E-state index is -0.752. The molecule has 1 aliphatic rings. The predicted molar refractivity (Wildman–Crippen MR) is 144 cm³/mol. The van der Waals surface area contributed by atoms with E-state index in [0.29, 0.717) is 23.8 Å². The van der Waals surface area contributed by atoms with Crippen LogP contribution in [0.3, 0.4) is 0 Å². The first-order valence-electron chi connectivity index (χ1n) is 12.8. The van der Waals surface area contributed by atoms with Crippen molar-refractivity contribution in [1.82, 2.24) is 10.2 Å². The molecule has 3 rings (SSSR count). The van der Waals surface area contributed by atoms with Gasteiger partial charge in [-0.25, -0.2) is 4.79 Å². The van der Waals surface area contributed by atoms with E-state index in [1.807, 2.05) is 44.2 Å². The van der Waals surface area contributed by atoms with Gasteiger partial charge in [-0.15, -0.1) is 0 Å². The van der Waals surface area contributed by atoms with Crippen LogP contribution in [0.1, 0.15) is 43.7 Å². The number of nitrogens with one attached hydrogen (secondary N) is 3. The van der Waals surface area contributed by atoms with Crippen LogP contribution in [0.25, 0.3) is 0 Å². The number of nitrogens with zero attached hydrogens (tertiary/aromatic N) is 1. The molecule has 0 aromatic heterocycles. The molecule has 2 aromatic rings. The molecule has 0 spiro atoms. The van der Waals surface area contributed by atoms with E-state index in [0.717, 1.165) is 49.3 Å². The smallest absolute Gasteiger partial charge is 0.323 e. The van der Waals surface area contributed by atoms with Gasteiger partial charge in [0.2, 0.25) is 5.91 Å². The summed E-state index contributed by atoms with van der Waals surface area (Å²) in [6.45, 7) is 6.62. The molecule has 0 bridgehead atoms. The molecule has 3 amide bonds. The summed E-state index contributed by atoms with van der Waals surface area (Å²) in [5, 5.41) is 17.6. The number of amides is 3. The van der Waals surface area contributed by atoms with Gasteiger partial charge in [0.25, 0.3) is 0 Å². The Balaban J connectivity index is 1.47. The zero-order chi connectivity index (χ0) is 26.8. The Morgan fingerprint density at radius 2 is 1.78 bits per heavy atom. The molecule has 1 heterocycles. The van der Waals surface area contributed by atoms with Crippen molar-refractivity contribution < 1.29 is 24.2 Å². The maximum absolute atomic E-state index is 12.7. The number of hydrogen-bond acceptors (Lipinski definition) is 5. The molecular weight excluding hydrogens is 472 g/mol. The number of hydrogen-bond donors (Lipinski definition) is 4. The van der Waals surface area contributed by atoms with E-state index in [4.69, 9.17) is 9.84 Å². The molecule has 1 saturated heterocycles. The highest BCUT2D eigenvalue weighted by Gasteiger charge is 2.25. The summed E-state index contributed by atoms with van der Waals surface area (Å²) in [6, 6.07) is 12.5. The van der Waals surface area contributed by atoms with E-state index in [-0.39, 0.29) is 30.8 Å². The van der Waals surface area contributed by atoms with Crippen LogP contribution in [0.15, 0.2) is 42.5 Å². The third-order valence-corrected chi connectivity index (χ3v) is 6.87. The number of carboxylic acids is 1. The highest BCUT2D eigenvalue weighted by Crippen LogP contribution is 2.27. The Bertz CT molecular complexity index is 1080. The molecule has 1 fully saturated rings. The number of aliphatic carboxylic acids is 1. The minimum Gasteiger partial charge on any atom is -0.495 e. The molecule has 37 heavy (non-hydrogen) atoms. The van der Waals surface area contributed by atoms with Gasteiger partial charge in [-0.05, 0) is 88.0 Å². The van der Waals surface area contributed by atoms with Crippen molar-refractivity contribution in [1.29, 1.82) is 0 Å². The number of likely N-dealkylation sites (tertiary alicyclic amines) is 1. The lowest BCUT2D eigenvalue weighted by atomic mass is 9.90. The quantitative estimate of drug-likeness (QED) is 0.358. The first kappa shape index (κ1) is 28.0. The minimum absolute atomic E-state index is 0.0571. The summed E-state index contributed by atoms with van der Waals surface area (Å²) in [6.07, 6.45) is 3.04. The van der Waals surface area contributed by atoms with E-state index in [2.05, 4.69) is 20.9 Å². The van der Waals surface area contributed by atoms with Crippen LogP contribution in [-0.4, -0.2) is 60.7 Å². The number of carbonyl (C=O) groups excluding carboxylic acids is 2. The molecule has 200 valence electrons. The summed E-state index contributed by atoms with van der Waals surface area (Å²) in [7, 11) is 1.53. The summed E-state index contributed by atoms with van der Waals surface area (Å²) in [4.78, 5) is 38.2. The second-order valence-corrected chi connectivity index (χ2v) is 9.64. The Morgan fingerprint density at radius 3 is 2.46 bits per heavy atom. The van der Waals surface area contributed by atoms with Gasteiger partial charge in [-0.3, -0.25) is 9.59 Å². The van der Waals surface area contributed by atoms with Crippen LogP contribution in [0.2, 0.25) is 0 Å². The number of carbonyl (C=O) groups is 3. The molecule has 1 unspecified atom stereocenters. The maximum atomic E-state index is 12.7.